The lowest BCUT2D eigenvalue weighted by atomic mass is 10.0. The van der Waals surface area contributed by atoms with E-state index in [1.54, 1.807) is 0 Å². The summed E-state index contributed by atoms with van der Waals surface area (Å²) in [6.07, 6.45) is 3.02. The van der Waals surface area contributed by atoms with Crippen molar-refractivity contribution in [2.45, 2.75) is 25.8 Å². The predicted molar refractivity (Wildman–Crippen MR) is 74.3 cm³/mol. The molecule has 1 aromatic heterocycles. The zero-order valence-corrected chi connectivity index (χ0v) is 11.2. The maximum atomic E-state index is 9.10. The number of fused-ring (bicyclic) bond motifs is 1. The van der Waals surface area contributed by atoms with Gasteiger partial charge in [0.25, 0.3) is 0 Å². The highest BCUT2D eigenvalue weighted by Crippen LogP contribution is 2.19. The van der Waals surface area contributed by atoms with Crippen molar-refractivity contribution < 1.29 is 0 Å². The maximum Gasteiger partial charge on any atom is 0.103 e. The van der Waals surface area contributed by atoms with Gasteiger partial charge in [-0.2, -0.15) is 5.26 Å². The Labute approximate surface area is 108 Å². The number of H-pyrrole nitrogens is 1. The molecule has 0 bridgehead atoms. The van der Waals surface area contributed by atoms with Crippen LogP contribution in [0.4, 0.5) is 0 Å². The number of likely N-dealkylation sites (N-methyl/N-ethyl adjacent to an activating group) is 1. The quantitative estimate of drug-likeness (QED) is 0.894. The Hall–Kier alpha value is -1.79. The Kier molecular flexibility index (Phi) is 3.40. The number of rotatable bonds is 4. The van der Waals surface area contributed by atoms with Gasteiger partial charge in [0.05, 0.1) is 6.07 Å². The van der Waals surface area contributed by atoms with E-state index in [4.69, 9.17) is 5.26 Å². The van der Waals surface area contributed by atoms with Gasteiger partial charge < -0.3 is 4.98 Å². The molecule has 0 radical (unpaired) electrons. The van der Waals surface area contributed by atoms with Gasteiger partial charge in [-0.1, -0.05) is 18.2 Å². The fourth-order valence-electron chi connectivity index (χ4n) is 1.99. The maximum absolute atomic E-state index is 9.10. The number of nitrogens with zero attached hydrogens (tertiary/aromatic N) is 2. The second kappa shape index (κ2) is 4.83. The first kappa shape index (κ1) is 12.7. The molecule has 0 aliphatic carbocycles. The number of benzene rings is 1. The minimum Gasteiger partial charge on any atom is -0.361 e. The van der Waals surface area contributed by atoms with Crippen LogP contribution < -0.4 is 0 Å². The summed E-state index contributed by atoms with van der Waals surface area (Å²) in [5.74, 6) is 0. The molecule has 0 amide bonds. The zero-order valence-electron chi connectivity index (χ0n) is 11.2. The van der Waals surface area contributed by atoms with E-state index in [1.165, 1.54) is 16.5 Å². The highest BCUT2D eigenvalue weighted by Gasteiger charge is 2.22. The molecule has 2 aromatic rings. The number of nitrogens with one attached hydrogen (secondary N) is 1. The molecule has 1 heterocycles. The van der Waals surface area contributed by atoms with Gasteiger partial charge in [-0.15, -0.1) is 0 Å². The van der Waals surface area contributed by atoms with Crippen LogP contribution in [0.15, 0.2) is 30.5 Å². The molecular formula is C15H19N3. The van der Waals surface area contributed by atoms with Crippen LogP contribution >= 0.6 is 0 Å². The lowest BCUT2D eigenvalue weighted by Crippen LogP contribution is -2.40. The van der Waals surface area contributed by atoms with Crippen LogP contribution in [0.1, 0.15) is 19.4 Å². The highest BCUT2D eigenvalue weighted by atomic mass is 15.2. The van der Waals surface area contributed by atoms with Gasteiger partial charge in [0.2, 0.25) is 0 Å². The zero-order chi connectivity index (χ0) is 13.2. The summed E-state index contributed by atoms with van der Waals surface area (Å²) >= 11 is 0. The summed E-state index contributed by atoms with van der Waals surface area (Å²) in [4.78, 5) is 5.37. The van der Waals surface area contributed by atoms with E-state index in [1.807, 2.05) is 27.0 Å². The summed E-state index contributed by atoms with van der Waals surface area (Å²) in [5, 5.41) is 10.4. The molecule has 1 aromatic carbocycles. The van der Waals surface area contributed by atoms with Crippen molar-refractivity contribution in [2.75, 3.05) is 13.6 Å². The van der Waals surface area contributed by atoms with Crippen molar-refractivity contribution in [2.24, 2.45) is 0 Å². The number of hydrogen-bond acceptors (Lipinski definition) is 2. The van der Waals surface area contributed by atoms with Gasteiger partial charge >= 0.3 is 0 Å². The van der Waals surface area contributed by atoms with E-state index in [0.717, 1.165) is 13.0 Å². The van der Waals surface area contributed by atoms with Crippen LogP contribution in [0.3, 0.4) is 0 Å². The lowest BCUT2D eigenvalue weighted by Gasteiger charge is -2.28. The first-order chi connectivity index (χ1) is 8.54. The Morgan fingerprint density at radius 3 is 2.78 bits per heavy atom. The number of hydrogen-bond donors (Lipinski definition) is 1. The monoisotopic (exact) mass is 241 g/mol. The Bertz CT molecular complexity index is 575. The van der Waals surface area contributed by atoms with Crippen molar-refractivity contribution in [1.82, 2.24) is 9.88 Å². The van der Waals surface area contributed by atoms with Gasteiger partial charge in [-0.05, 0) is 38.9 Å². The molecule has 94 valence electrons. The van der Waals surface area contributed by atoms with Crippen molar-refractivity contribution >= 4 is 10.9 Å². The van der Waals surface area contributed by atoms with Crippen molar-refractivity contribution in [3.8, 4) is 6.07 Å². The lowest BCUT2D eigenvalue weighted by molar-refractivity contribution is 0.214. The fourth-order valence-corrected chi connectivity index (χ4v) is 1.99. The first-order valence-corrected chi connectivity index (χ1v) is 6.22. The average molecular weight is 241 g/mol. The minimum absolute atomic E-state index is 0.411. The number of para-hydroxylation sites is 1. The Morgan fingerprint density at radius 1 is 1.33 bits per heavy atom. The molecule has 0 unspecified atom stereocenters. The fraction of sp³-hybridized carbons (Fsp3) is 0.400. The third kappa shape index (κ3) is 2.39. The molecule has 0 spiro atoms. The topological polar surface area (TPSA) is 42.8 Å². The predicted octanol–water partition coefficient (Wildman–Crippen LogP) is 2.94. The van der Waals surface area contributed by atoms with Gasteiger partial charge in [0.15, 0.2) is 0 Å². The first-order valence-electron chi connectivity index (χ1n) is 6.22. The van der Waals surface area contributed by atoms with E-state index >= 15 is 0 Å². The van der Waals surface area contributed by atoms with E-state index in [-0.39, 0.29) is 0 Å². The van der Waals surface area contributed by atoms with Crippen LogP contribution in [-0.2, 0) is 6.42 Å². The van der Waals surface area contributed by atoms with Gasteiger partial charge in [0.1, 0.15) is 5.54 Å². The van der Waals surface area contributed by atoms with E-state index in [9.17, 15) is 0 Å². The molecule has 0 aliphatic rings. The van der Waals surface area contributed by atoms with Crippen LogP contribution in [0.2, 0.25) is 0 Å². The Morgan fingerprint density at radius 2 is 2.06 bits per heavy atom. The summed E-state index contributed by atoms with van der Waals surface area (Å²) < 4.78 is 0. The highest BCUT2D eigenvalue weighted by molar-refractivity contribution is 5.83. The minimum atomic E-state index is -0.411. The second-order valence-electron chi connectivity index (χ2n) is 5.20. The number of aromatic amines is 1. The van der Waals surface area contributed by atoms with Gasteiger partial charge in [-0.3, -0.25) is 4.90 Å². The van der Waals surface area contributed by atoms with Crippen molar-refractivity contribution in [1.29, 1.82) is 5.26 Å². The molecular weight excluding hydrogens is 222 g/mol. The molecule has 0 atom stereocenters. The van der Waals surface area contributed by atoms with Crippen molar-refractivity contribution in [3.05, 3.63) is 36.0 Å². The van der Waals surface area contributed by atoms with E-state index in [0.29, 0.717) is 0 Å². The molecule has 1 N–H and O–H groups in total. The molecule has 0 aliphatic heterocycles. The van der Waals surface area contributed by atoms with Gasteiger partial charge in [0, 0.05) is 23.6 Å². The van der Waals surface area contributed by atoms with Crippen molar-refractivity contribution in [3.63, 3.8) is 0 Å². The van der Waals surface area contributed by atoms with Crippen LogP contribution in [0.25, 0.3) is 10.9 Å². The van der Waals surface area contributed by atoms with E-state index in [2.05, 4.69) is 40.3 Å². The summed E-state index contributed by atoms with van der Waals surface area (Å²) in [7, 11) is 2.00. The van der Waals surface area contributed by atoms with E-state index < -0.39 is 5.54 Å². The molecule has 2 rings (SSSR count). The van der Waals surface area contributed by atoms with Crippen LogP contribution in [0, 0.1) is 11.3 Å². The van der Waals surface area contributed by atoms with Crippen LogP contribution in [0.5, 0.6) is 0 Å². The number of aromatic nitrogens is 1. The summed E-state index contributed by atoms with van der Waals surface area (Å²) in [6.45, 7) is 4.77. The summed E-state index contributed by atoms with van der Waals surface area (Å²) in [5.41, 5.74) is 2.08. The molecule has 0 saturated carbocycles. The Balaban J connectivity index is 2.10. The number of nitriles is 1. The normalized spacial score (nSPS) is 11.9. The molecule has 3 nitrogen and oxygen atoms in total. The summed E-state index contributed by atoms with van der Waals surface area (Å²) in [6, 6.07) is 10.6. The largest absolute Gasteiger partial charge is 0.361 e. The second-order valence-corrected chi connectivity index (χ2v) is 5.20. The third-order valence-corrected chi connectivity index (χ3v) is 3.62. The smallest absolute Gasteiger partial charge is 0.103 e. The molecule has 0 saturated heterocycles. The molecule has 3 heteroatoms. The van der Waals surface area contributed by atoms with Gasteiger partial charge in [-0.25, -0.2) is 0 Å². The third-order valence-electron chi connectivity index (χ3n) is 3.62. The SMILES string of the molecule is CN(CCc1c[nH]c2ccccc12)C(C)(C)C#N. The average Bonchev–Trinajstić information content (AvgIpc) is 2.79. The standard InChI is InChI=1S/C15H19N3/c1-15(2,11-16)18(3)9-8-12-10-17-14-7-5-4-6-13(12)14/h4-7,10,17H,8-9H2,1-3H3. The van der Waals surface area contributed by atoms with Crippen LogP contribution in [-0.4, -0.2) is 29.0 Å². The molecule has 0 fully saturated rings. The molecule has 18 heavy (non-hydrogen) atoms.